The van der Waals surface area contributed by atoms with Crippen molar-refractivity contribution in [1.82, 2.24) is 10.2 Å². The molecule has 0 amide bonds. The predicted molar refractivity (Wildman–Crippen MR) is 63.5 cm³/mol. The molecule has 2 nitrogen and oxygen atoms in total. The average molecular weight is 218 g/mol. The third-order valence-corrected chi connectivity index (χ3v) is 1.95. The zero-order chi connectivity index (χ0) is 12.0. The molecule has 0 unspecified atom stereocenters. The van der Waals surface area contributed by atoms with Crippen LogP contribution >= 0.6 is 0 Å². The van der Waals surface area contributed by atoms with E-state index in [2.05, 4.69) is 10.2 Å². The van der Waals surface area contributed by atoms with Crippen LogP contribution in [-0.4, -0.2) is 10.2 Å². The number of aryl methyl sites for hydroxylation is 1. The number of aromatic nitrogens is 2. The van der Waals surface area contributed by atoms with Crippen LogP contribution < -0.4 is 0 Å². The van der Waals surface area contributed by atoms with Crippen LogP contribution in [0.4, 0.5) is 4.39 Å². The summed E-state index contributed by atoms with van der Waals surface area (Å²) in [6, 6.07) is 10.1. The zero-order valence-electron chi connectivity index (χ0n) is 9.74. The summed E-state index contributed by atoms with van der Waals surface area (Å²) < 4.78 is 13.3. The first kappa shape index (κ1) is 12.3. The van der Waals surface area contributed by atoms with Crippen LogP contribution in [0.25, 0.3) is 11.3 Å². The molecule has 1 aromatic carbocycles. The minimum atomic E-state index is -0.273. The standard InChI is InChI=1S/C11H9FN2.C2H6/c1-8-6-7-11(14-13-8)9-4-2-3-5-10(9)12;1-2/h2-7H,1H3;1-2H3. The number of hydrogen-bond acceptors (Lipinski definition) is 2. The topological polar surface area (TPSA) is 25.8 Å². The molecular weight excluding hydrogens is 203 g/mol. The Kier molecular flexibility index (Phi) is 4.58. The Balaban J connectivity index is 0.000000606. The number of hydrogen-bond donors (Lipinski definition) is 0. The van der Waals surface area contributed by atoms with Crippen LogP contribution in [0.5, 0.6) is 0 Å². The Morgan fingerprint density at radius 2 is 1.62 bits per heavy atom. The summed E-state index contributed by atoms with van der Waals surface area (Å²) in [7, 11) is 0. The average Bonchev–Trinajstić information content (AvgIpc) is 2.34. The van der Waals surface area contributed by atoms with Gasteiger partial charge in [0.1, 0.15) is 5.82 Å². The van der Waals surface area contributed by atoms with Crippen molar-refractivity contribution in [3.05, 3.63) is 47.9 Å². The highest BCUT2D eigenvalue weighted by Gasteiger charge is 2.04. The molecule has 0 aliphatic rings. The van der Waals surface area contributed by atoms with Gasteiger partial charge in [0.25, 0.3) is 0 Å². The van der Waals surface area contributed by atoms with Crippen molar-refractivity contribution in [2.45, 2.75) is 20.8 Å². The minimum Gasteiger partial charge on any atom is -0.206 e. The highest BCUT2D eigenvalue weighted by atomic mass is 19.1. The monoisotopic (exact) mass is 218 g/mol. The molecule has 2 aromatic rings. The summed E-state index contributed by atoms with van der Waals surface area (Å²) in [6.45, 7) is 5.85. The zero-order valence-corrected chi connectivity index (χ0v) is 9.74. The minimum absolute atomic E-state index is 0.273. The third kappa shape index (κ3) is 2.86. The maximum atomic E-state index is 13.3. The maximum absolute atomic E-state index is 13.3. The van der Waals surface area contributed by atoms with E-state index in [4.69, 9.17) is 0 Å². The predicted octanol–water partition coefficient (Wildman–Crippen LogP) is 3.62. The van der Waals surface area contributed by atoms with Gasteiger partial charge in [0.2, 0.25) is 0 Å². The number of benzene rings is 1. The van der Waals surface area contributed by atoms with Gasteiger partial charge in [-0.25, -0.2) is 4.39 Å². The first-order valence-corrected chi connectivity index (χ1v) is 5.32. The molecule has 2 rings (SSSR count). The van der Waals surface area contributed by atoms with Crippen molar-refractivity contribution in [2.75, 3.05) is 0 Å². The first-order chi connectivity index (χ1) is 7.77. The largest absolute Gasteiger partial charge is 0.206 e. The van der Waals surface area contributed by atoms with Gasteiger partial charge in [-0.1, -0.05) is 26.0 Å². The van der Waals surface area contributed by atoms with E-state index in [1.807, 2.05) is 26.8 Å². The summed E-state index contributed by atoms with van der Waals surface area (Å²) in [4.78, 5) is 0. The molecular formula is C13H15FN2. The Morgan fingerprint density at radius 3 is 2.19 bits per heavy atom. The van der Waals surface area contributed by atoms with E-state index in [-0.39, 0.29) is 5.82 Å². The smallest absolute Gasteiger partial charge is 0.132 e. The molecule has 1 aromatic heterocycles. The van der Waals surface area contributed by atoms with Crippen molar-refractivity contribution < 1.29 is 4.39 Å². The fourth-order valence-corrected chi connectivity index (χ4v) is 1.21. The highest BCUT2D eigenvalue weighted by molar-refractivity contribution is 5.58. The Hall–Kier alpha value is -1.77. The summed E-state index contributed by atoms with van der Waals surface area (Å²) >= 11 is 0. The van der Waals surface area contributed by atoms with Crippen LogP contribution in [-0.2, 0) is 0 Å². The second kappa shape index (κ2) is 5.95. The number of rotatable bonds is 1. The van der Waals surface area contributed by atoms with Crippen LogP contribution in [0.15, 0.2) is 36.4 Å². The molecule has 0 N–H and O–H groups in total. The Bertz CT molecular complexity index is 438. The van der Waals surface area contributed by atoms with Crippen molar-refractivity contribution >= 4 is 0 Å². The SMILES string of the molecule is CC.Cc1ccc(-c2ccccc2F)nn1. The van der Waals surface area contributed by atoms with E-state index < -0.39 is 0 Å². The summed E-state index contributed by atoms with van der Waals surface area (Å²) in [6.07, 6.45) is 0. The molecule has 0 bridgehead atoms. The fraction of sp³-hybridized carbons (Fsp3) is 0.231. The van der Waals surface area contributed by atoms with E-state index in [9.17, 15) is 4.39 Å². The van der Waals surface area contributed by atoms with Gasteiger partial charge in [-0.15, -0.1) is 0 Å². The van der Waals surface area contributed by atoms with E-state index in [1.165, 1.54) is 6.07 Å². The lowest BCUT2D eigenvalue weighted by Gasteiger charge is -2.00. The fourth-order valence-electron chi connectivity index (χ4n) is 1.21. The third-order valence-electron chi connectivity index (χ3n) is 1.95. The van der Waals surface area contributed by atoms with Crippen LogP contribution in [0.1, 0.15) is 19.5 Å². The van der Waals surface area contributed by atoms with Gasteiger partial charge in [-0.3, -0.25) is 0 Å². The molecule has 16 heavy (non-hydrogen) atoms. The molecule has 0 saturated carbocycles. The van der Waals surface area contributed by atoms with E-state index >= 15 is 0 Å². The summed E-state index contributed by atoms with van der Waals surface area (Å²) in [5, 5.41) is 7.80. The van der Waals surface area contributed by atoms with Crippen LogP contribution in [0, 0.1) is 12.7 Å². The molecule has 0 radical (unpaired) electrons. The molecule has 0 spiro atoms. The van der Waals surface area contributed by atoms with E-state index in [0.29, 0.717) is 11.3 Å². The highest BCUT2D eigenvalue weighted by Crippen LogP contribution is 2.19. The molecule has 0 saturated heterocycles. The molecule has 0 atom stereocenters. The summed E-state index contributed by atoms with van der Waals surface area (Å²) in [5.41, 5.74) is 1.87. The van der Waals surface area contributed by atoms with Gasteiger partial charge in [0.15, 0.2) is 0 Å². The first-order valence-electron chi connectivity index (χ1n) is 5.32. The quantitative estimate of drug-likeness (QED) is 0.730. The molecule has 1 heterocycles. The second-order valence-corrected chi connectivity index (χ2v) is 3.04. The number of halogens is 1. The van der Waals surface area contributed by atoms with Crippen molar-refractivity contribution in [3.63, 3.8) is 0 Å². The van der Waals surface area contributed by atoms with E-state index in [0.717, 1.165) is 5.69 Å². The molecule has 0 aliphatic heterocycles. The molecule has 3 heteroatoms. The van der Waals surface area contributed by atoms with Crippen molar-refractivity contribution in [1.29, 1.82) is 0 Å². The van der Waals surface area contributed by atoms with Crippen LogP contribution in [0.2, 0.25) is 0 Å². The van der Waals surface area contributed by atoms with Gasteiger partial charge in [-0.05, 0) is 31.2 Å². The lowest BCUT2D eigenvalue weighted by molar-refractivity contribution is 0.630. The lowest BCUT2D eigenvalue weighted by Crippen LogP contribution is -1.91. The number of nitrogens with zero attached hydrogens (tertiary/aromatic N) is 2. The van der Waals surface area contributed by atoms with Crippen molar-refractivity contribution in [3.8, 4) is 11.3 Å². The molecule has 84 valence electrons. The maximum Gasteiger partial charge on any atom is 0.132 e. The van der Waals surface area contributed by atoms with Crippen molar-refractivity contribution in [2.24, 2.45) is 0 Å². The molecule has 0 fully saturated rings. The molecule has 0 aliphatic carbocycles. The van der Waals surface area contributed by atoms with E-state index in [1.54, 1.807) is 24.3 Å². The lowest BCUT2D eigenvalue weighted by atomic mass is 10.1. The Labute approximate surface area is 95.2 Å². The van der Waals surface area contributed by atoms with Gasteiger partial charge in [0, 0.05) is 5.56 Å². The van der Waals surface area contributed by atoms with Gasteiger partial charge >= 0.3 is 0 Å². The normalized spacial score (nSPS) is 9.25. The second-order valence-electron chi connectivity index (χ2n) is 3.04. The van der Waals surface area contributed by atoms with Gasteiger partial charge < -0.3 is 0 Å². The summed E-state index contributed by atoms with van der Waals surface area (Å²) in [5.74, 6) is -0.273. The van der Waals surface area contributed by atoms with Crippen LogP contribution in [0.3, 0.4) is 0 Å². The Morgan fingerprint density at radius 1 is 0.938 bits per heavy atom. The van der Waals surface area contributed by atoms with Gasteiger partial charge in [0.05, 0.1) is 11.4 Å². The van der Waals surface area contributed by atoms with Gasteiger partial charge in [-0.2, -0.15) is 10.2 Å².